The summed E-state index contributed by atoms with van der Waals surface area (Å²) in [5.41, 5.74) is 2.42. The zero-order chi connectivity index (χ0) is 13.1. The van der Waals surface area contributed by atoms with E-state index in [-0.39, 0.29) is 4.83 Å². The van der Waals surface area contributed by atoms with Crippen LogP contribution in [0.2, 0.25) is 10.0 Å². The Kier molecular flexibility index (Phi) is 5.36. The van der Waals surface area contributed by atoms with E-state index >= 15 is 0 Å². The highest BCUT2D eigenvalue weighted by atomic mass is 127. The molecular formula is C14H10BrCl2I. The lowest BCUT2D eigenvalue weighted by atomic mass is 10.0. The molecule has 0 N–H and O–H groups in total. The summed E-state index contributed by atoms with van der Waals surface area (Å²) in [6.45, 7) is 0. The van der Waals surface area contributed by atoms with Gasteiger partial charge in [0.25, 0.3) is 0 Å². The largest absolute Gasteiger partial charge is 0.0843 e. The zero-order valence-corrected chi connectivity index (χ0v) is 14.6. The van der Waals surface area contributed by atoms with E-state index in [1.165, 1.54) is 14.7 Å². The Labute approximate surface area is 139 Å². The maximum Gasteiger partial charge on any atom is 0.0446 e. The predicted octanol–water partition coefficient (Wildman–Crippen LogP) is 6.28. The number of halogens is 4. The highest BCUT2D eigenvalue weighted by molar-refractivity contribution is 14.1. The molecule has 0 saturated carbocycles. The van der Waals surface area contributed by atoms with E-state index in [1.807, 2.05) is 36.4 Å². The van der Waals surface area contributed by atoms with Crippen LogP contribution in [0.25, 0.3) is 0 Å². The molecule has 0 bridgehead atoms. The maximum atomic E-state index is 6.04. The van der Waals surface area contributed by atoms with Gasteiger partial charge >= 0.3 is 0 Å². The standard InChI is InChI=1S/C14H10BrCl2I/c15-13(7-9-2-1-3-10(16)6-9)12-8-11(17)4-5-14(12)18/h1-6,8,13H,7H2. The predicted molar refractivity (Wildman–Crippen MR) is 91.0 cm³/mol. The van der Waals surface area contributed by atoms with Gasteiger partial charge in [-0.15, -0.1) is 0 Å². The van der Waals surface area contributed by atoms with Crippen molar-refractivity contribution in [2.45, 2.75) is 11.2 Å². The highest BCUT2D eigenvalue weighted by Crippen LogP contribution is 2.32. The van der Waals surface area contributed by atoms with E-state index in [2.05, 4.69) is 44.6 Å². The van der Waals surface area contributed by atoms with E-state index in [4.69, 9.17) is 23.2 Å². The molecule has 1 unspecified atom stereocenters. The number of rotatable bonds is 3. The first-order valence-electron chi connectivity index (χ1n) is 5.40. The van der Waals surface area contributed by atoms with E-state index in [1.54, 1.807) is 0 Å². The number of benzene rings is 2. The molecule has 2 aromatic carbocycles. The van der Waals surface area contributed by atoms with Crippen molar-refractivity contribution in [3.63, 3.8) is 0 Å². The second-order valence-electron chi connectivity index (χ2n) is 3.97. The van der Waals surface area contributed by atoms with Gasteiger partial charge in [0, 0.05) is 18.4 Å². The third kappa shape index (κ3) is 3.86. The summed E-state index contributed by atoms with van der Waals surface area (Å²) in [5.74, 6) is 0. The zero-order valence-electron chi connectivity index (χ0n) is 9.34. The summed E-state index contributed by atoms with van der Waals surface area (Å²) in [4.78, 5) is 0.238. The fourth-order valence-corrected chi connectivity index (χ4v) is 4.02. The van der Waals surface area contributed by atoms with Gasteiger partial charge < -0.3 is 0 Å². The lowest BCUT2D eigenvalue weighted by Gasteiger charge is -2.13. The van der Waals surface area contributed by atoms with E-state index in [0.29, 0.717) is 0 Å². The van der Waals surface area contributed by atoms with Gasteiger partial charge in [0.15, 0.2) is 0 Å². The first-order valence-corrected chi connectivity index (χ1v) is 8.15. The summed E-state index contributed by atoms with van der Waals surface area (Å²) in [6.07, 6.45) is 0.886. The van der Waals surface area contributed by atoms with Crippen molar-refractivity contribution in [2.24, 2.45) is 0 Å². The van der Waals surface area contributed by atoms with Crippen molar-refractivity contribution in [3.05, 3.63) is 67.2 Å². The summed E-state index contributed by atoms with van der Waals surface area (Å²) in [6, 6.07) is 13.9. The fourth-order valence-electron chi connectivity index (χ4n) is 1.74. The Morgan fingerprint density at radius 3 is 2.50 bits per heavy atom. The van der Waals surface area contributed by atoms with E-state index in [9.17, 15) is 0 Å². The molecule has 4 heteroatoms. The SMILES string of the molecule is Clc1cccc(CC(Br)c2cc(Cl)ccc2I)c1. The molecule has 94 valence electrons. The molecule has 0 aliphatic heterocycles. The van der Waals surface area contributed by atoms with Crippen molar-refractivity contribution in [3.8, 4) is 0 Å². The third-order valence-electron chi connectivity index (χ3n) is 2.60. The number of hydrogen-bond acceptors (Lipinski definition) is 0. The van der Waals surface area contributed by atoms with Crippen LogP contribution in [0.1, 0.15) is 16.0 Å². The average Bonchev–Trinajstić information content (AvgIpc) is 2.32. The quantitative estimate of drug-likeness (QED) is 0.377. The van der Waals surface area contributed by atoms with Gasteiger partial charge in [-0.2, -0.15) is 0 Å². The number of alkyl halides is 1. The van der Waals surface area contributed by atoms with Crippen LogP contribution >= 0.6 is 61.7 Å². The molecule has 0 aromatic heterocycles. The van der Waals surface area contributed by atoms with Crippen molar-refractivity contribution < 1.29 is 0 Å². The van der Waals surface area contributed by atoms with Crippen LogP contribution in [0.5, 0.6) is 0 Å². The van der Waals surface area contributed by atoms with Crippen molar-refractivity contribution >= 4 is 61.7 Å². The van der Waals surface area contributed by atoms with E-state index in [0.717, 1.165) is 16.5 Å². The van der Waals surface area contributed by atoms with Crippen molar-refractivity contribution in [2.75, 3.05) is 0 Å². The molecule has 0 aliphatic rings. The highest BCUT2D eigenvalue weighted by Gasteiger charge is 2.12. The van der Waals surface area contributed by atoms with E-state index < -0.39 is 0 Å². The smallest absolute Gasteiger partial charge is 0.0446 e. The molecule has 2 rings (SSSR count). The van der Waals surface area contributed by atoms with Gasteiger partial charge in [0.2, 0.25) is 0 Å². The summed E-state index contributed by atoms with van der Waals surface area (Å²) in [5, 5.41) is 1.54. The van der Waals surface area contributed by atoms with Gasteiger partial charge in [-0.05, 0) is 70.5 Å². The van der Waals surface area contributed by atoms with Crippen LogP contribution in [0, 0.1) is 3.57 Å². The minimum atomic E-state index is 0.238. The number of hydrogen-bond donors (Lipinski definition) is 0. The fraction of sp³-hybridized carbons (Fsp3) is 0.143. The Bertz CT molecular complexity index is 557. The first-order chi connectivity index (χ1) is 8.56. The van der Waals surface area contributed by atoms with Crippen LogP contribution in [0.4, 0.5) is 0 Å². The Balaban J connectivity index is 2.21. The minimum absolute atomic E-state index is 0.238. The monoisotopic (exact) mass is 454 g/mol. The normalized spacial score (nSPS) is 12.4. The molecule has 0 heterocycles. The van der Waals surface area contributed by atoms with Crippen LogP contribution in [0.15, 0.2) is 42.5 Å². The Morgan fingerprint density at radius 2 is 1.78 bits per heavy atom. The summed E-state index contributed by atoms with van der Waals surface area (Å²) < 4.78 is 1.21. The molecule has 0 spiro atoms. The molecule has 18 heavy (non-hydrogen) atoms. The van der Waals surface area contributed by atoms with Gasteiger partial charge in [-0.1, -0.05) is 51.3 Å². The summed E-state index contributed by atoms with van der Waals surface area (Å²) in [7, 11) is 0. The average molecular weight is 456 g/mol. The van der Waals surface area contributed by atoms with Gasteiger partial charge in [0.1, 0.15) is 0 Å². The lowest BCUT2D eigenvalue weighted by Crippen LogP contribution is -1.98. The molecule has 1 atom stereocenters. The van der Waals surface area contributed by atoms with Crippen LogP contribution in [-0.4, -0.2) is 0 Å². The van der Waals surface area contributed by atoms with Gasteiger partial charge in [-0.25, -0.2) is 0 Å². The maximum absolute atomic E-state index is 6.04. The molecule has 2 aromatic rings. The first kappa shape index (κ1) is 14.6. The third-order valence-corrected chi connectivity index (χ3v) is 4.87. The lowest BCUT2D eigenvalue weighted by molar-refractivity contribution is 0.943. The van der Waals surface area contributed by atoms with Crippen LogP contribution < -0.4 is 0 Å². The van der Waals surface area contributed by atoms with Crippen LogP contribution in [-0.2, 0) is 6.42 Å². The Hall–Kier alpha value is 0.230. The second-order valence-corrected chi connectivity index (χ2v) is 7.11. The molecule has 0 amide bonds. The molecule has 0 nitrogen and oxygen atoms in total. The topological polar surface area (TPSA) is 0 Å². The Morgan fingerprint density at radius 1 is 1.06 bits per heavy atom. The minimum Gasteiger partial charge on any atom is -0.0843 e. The summed E-state index contributed by atoms with van der Waals surface area (Å²) >= 11 is 18.1. The molecule has 0 aliphatic carbocycles. The van der Waals surface area contributed by atoms with Crippen molar-refractivity contribution in [1.82, 2.24) is 0 Å². The molecule has 0 saturated heterocycles. The van der Waals surface area contributed by atoms with Crippen LogP contribution in [0.3, 0.4) is 0 Å². The van der Waals surface area contributed by atoms with Gasteiger partial charge in [-0.3, -0.25) is 0 Å². The van der Waals surface area contributed by atoms with Gasteiger partial charge in [0.05, 0.1) is 0 Å². The molecular weight excluding hydrogens is 446 g/mol. The van der Waals surface area contributed by atoms with Crippen molar-refractivity contribution in [1.29, 1.82) is 0 Å². The molecule has 0 fully saturated rings. The molecule has 0 radical (unpaired) electrons. The second kappa shape index (κ2) is 6.60.